The predicted octanol–water partition coefficient (Wildman–Crippen LogP) is -14.4. The molecule has 8 heterocycles. The van der Waals surface area contributed by atoms with Crippen molar-refractivity contribution < 1.29 is 193 Å². The summed E-state index contributed by atoms with van der Waals surface area (Å²) in [5.41, 5.74) is 5.97. The summed E-state index contributed by atoms with van der Waals surface area (Å²) < 4.78 is 88.5. The van der Waals surface area contributed by atoms with Gasteiger partial charge < -0.3 is 194 Å². The van der Waals surface area contributed by atoms with Crippen molar-refractivity contribution in [1.29, 1.82) is 0 Å². The summed E-state index contributed by atoms with van der Waals surface area (Å²) in [6, 6.07) is -1.61. The number of carboxylic acid groups (broad SMARTS) is 1. The van der Waals surface area contributed by atoms with Crippen molar-refractivity contribution in [3.05, 3.63) is 0 Å². The molecule has 25 N–H and O–H groups in total. The van der Waals surface area contributed by atoms with E-state index in [1.165, 1.54) is 13.8 Å². The number of carboxylic acids is 1. The van der Waals surface area contributed by atoms with Crippen LogP contribution in [0.4, 0.5) is 0 Å². The van der Waals surface area contributed by atoms with Crippen molar-refractivity contribution in [3.63, 3.8) is 0 Å². The van der Waals surface area contributed by atoms with Gasteiger partial charge in [0.05, 0.1) is 89.4 Å². The summed E-state index contributed by atoms with van der Waals surface area (Å²) >= 11 is 0. The van der Waals surface area contributed by atoms with Gasteiger partial charge in [-0.3, -0.25) is 0 Å². The quantitative estimate of drug-likeness (QED) is 0.0404. The van der Waals surface area contributed by atoms with Crippen LogP contribution in [0.3, 0.4) is 0 Å². The number of hydrogen-bond acceptors (Lipinski definition) is 39. The molecule has 8 aliphatic rings. The molecule has 0 amide bonds. The average Bonchev–Trinajstić information content (AvgIpc) is 0.770. The highest BCUT2D eigenvalue weighted by atomic mass is 16.8. The summed E-state index contributed by atoms with van der Waals surface area (Å²) in [5, 5.41) is 251. The van der Waals surface area contributed by atoms with Crippen LogP contribution in [-0.2, 0) is 75.8 Å². The first-order valence-corrected chi connectivity index (χ1v) is 31.2. The second kappa shape index (κ2) is 33.4. The maximum Gasteiger partial charge on any atom is 0.364 e. The Morgan fingerprint density at radius 3 is 1.34 bits per heavy atom. The van der Waals surface area contributed by atoms with Gasteiger partial charge in [-0.1, -0.05) is 20.8 Å². The fourth-order valence-electron chi connectivity index (χ4n) is 12.8. The number of aliphatic hydroxyl groups is 22. The monoisotopic (exact) mass is 1390 g/mol. The van der Waals surface area contributed by atoms with Crippen LogP contribution in [-0.4, -0.2) is 409 Å². The van der Waals surface area contributed by atoms with Gasteiger partial charge in [-0.25, -0.2) is 4.79 Å². The third-order valence-electron chi connectivity index (χ3n) is 19.1. The standard InChI is InChI=1S/C55H95NO39/c1-14-17(4)82-23(10-61)41(28(14)66)89-48-15(2)29(67)42(24(11-62)86-48)90-51-39(77)45(35(73)26(88-51)13-81-50-38(76)36(74)32(70)20(7-58)83-50)92-53-47(37(75)33(71)21(8-59)85-53)93-49-16(3)30(68)43(25(12-63)87-49)91-52-40(78)46(34(72)22(9-60)84-52)95-55(54(79)80)5-18(64)27(56)44(94-55)31(69)19(65)6-57/h14-53,57-78H,5-13,56H2,1-4H3,(H,79,80)/t14-,15+,16+,17+,18-,19?,20?,21-,22?,23?,24?,25?,26?,27-,28?,29?,30?,31?,32-,33-,34+,35-,36?,37?,38-,39-,40+,41-,42-,43-,44?,45?,46?,47?,48+,49+,50+,51+,52+,53-,55+/m1/s1. The zero-order valence-electron chi connectivity index (χ0n) is 51.9. The van der Waals surface area contributed by atoms with E-state index in [0.717, 1.165) is 0 Å². The van der Waals surface area contributed by atoms with Gasteiger partial charge in [0.2, 0.25) is 0 Å². The lowest BCUT2D eigenvalue weighted by molar-refractivity contribution is -0.403. The number of carbonyl (C=O) groups is 1. The molecule has 8 saturated heterocycles. The van der Waals surface area contributed by atoms with E-state index in [0.29, 0.717) is 0 Å². The van der Waals surface area contributed by atoms with E-state index in [1.807, 2.05) is 0 Å². The zero-order valence-corrected chi connectivity index (χ0v) is 51.9. The van der Waals surface area contributed by atoms with E-state index in [-0.39, 0.29) is 0 Å². The molecular formula is C55H95NO39. The van der Waals surface area contributed by atoms with Crippen molar-refractivity contribution in [2.45, 2.75) is 267 Å². The lowest BCUT2D eigenvalue weighted by atomic mass is 9.88. The first-order valence-electron chi connectivity index (χ1n) is 31.2. The first kappa shape index (κ1) is 78.7. The highest BCUT2D eigenvalue weighted by Gasteiger charge is 2.62. The molecule has 0 bridgehead atoms. The van der Waals surface area contributed by atoms with Crippen LogP contribution >= 0.6 is 0 Å². The number of rotatable bonds is 25. The van der Waals surface area contributed by atoms with Crippen molar-refractivity contribution >= 4 is 5.97 Å². The number of ether oxygens (including phenoxy) is 15. The van der Waals surface area contributed by atoms with E-state index in [9.17, 15) is 122 Å². The average molecular weight is 1390 g/mol. The molecule has 40 nitrogen and oxygen atoms in total. The van der Waals surface area contributed by atoms with E-state index in [2.05, 4.69) is 0 Å². The minimum atomic E-state index is -3.12. The topological polar surface area (TPSA) is 647 Å². The predicted molar refractivity (Wildman–Crippen MR) is 297 cm³/mol. The molecule has 0 aromatic rings. The maximum atomic E-state index is 12.9. The van der Waals surface area contributed by atoms with Gasteiger partial charge in [0, 0.05) is 24.2 Å². The smallest absolute Gasteiger partial charge is 0.364 e. The lowest BCUT2D eigenvalue weighted by Crippen LogP contribution is -2.70. The van der Waals surface area contributed by atoms with Crippen LogP contribution in [0.1, 0.15) is 34.1 Å². The summed E-state index contributed by atoms with van der Waals surface area (Å²) in [6.45, 7) is -1.58. The Balaban J connectivity index is 1.03. The van der Waals surface area contributed by atoms with Gasteiger partial charge in [0.15, 0.2) is 37.7 Å². The van der Waals surface area contributed by atoms with Crippen LogP contribution in [0.5, 0.6) is 0 Å². The molecule has 8 rings (SSSR count). The Morgan fingerprint density at radius 2 is 0.832 bits per heavy atom. The normalized spacial score (nSPS) is 51.6. The van der Waals surface area contributed by atoms with Gasteiger partial charge >= 0.3 is 5.97 Å². The second-order valence-electron chi connectivity index (χ2n) is 25.3. The second-order valence-corrected chi connectivity index (χ2v) is 25.3. The molecule has 17 unspecified atom stereocenters. The fourth-order valence-corrected chi connectivity index (χ4v) is 12.8. The molecule has 0 radical (unpaired) electrons. The largest absolute Gasteiger partial charge is 0.477 e. The molecule has 554 valence electrons. The first-order chi connectivity index (χ1) is 44.9. The molecule has 40 heteroatoms. The molecule has 0 aromatic heterocycles. The van der Waals surface area contributed by atoms with Crippen LogP contribution in [0.25, 0.3) is 0 Å². The Morgan fingerprint density at radius 1 is 0.432 bits per heavy atom. The third kappa shape index (κ3) is 16.3. The van der Waals surface area contributed by atoms with Crippen LogP contribution in [0, 0.1) is 17.8 Å². The number of hydrogen-bond donors (Lipinski definition) is 24. The van der Waals surface area contributed by atoms with E-state index >= 15 is 0 Å². The van der Waals surface area contributed by atoms with Crippen LogP contribution in [0.15, 0.2) is 0 Å². The van der Waals surface area contributed by atoms with Gasteiger partial charge in [0.1, 0.15) is 153 Å². The Labute approximate surface area is 541 Å². The van der Waals surface area contributed by atoms with Crippen molar-refractivity contribution in [1.82, 2.24) is 0 Å². The molecule has 8 aliphatic heterocycles. The Hall–Kier alpha value is -2.05. The van der Waals surface area contributed by atoms with E-state index in [1.54, 1.807) is 13.8 Å². The molecule has 8 fully saturated rings. The Kier molecular flexibility index (Phi) is 27.6. The number of nitrogens with two attached hydrogens (primary N) is 1. The third-order valence-corrected chi connectivity index (χ3v) is 19.1. The summed E-state index contributed by atoms with van der Waals surface area (Å²) in [5.74, 6) is -8.21. The lowest BCUT2D eigenvalue weighted by Gasteiger charge is -2.51. The summed E-state index contributed by atoms with van der Waals surface area (Å²) in [7, 11) is 0. The van der Waals surface area contributed by atoms with E-state index < -0.39 is 316 Å². The number of aliphatic carboxylic acids is 1. The highest BCUT2D eigenvalue weighted by Crippen LogP contribution is 2.42. The minimum Gasteiger partial charge on any atom is -0.477 e. The summed E-state index contributed by atoms with van der Waals surface area (Å²) in [4.78, 5) is 12.9. The number of aliphatic hydroxyl groups excluding tert-OH is 22. The van der Waals surface area contributed by atoms with Gasteiger partial charge in [-0.2, -0.15) is 0 Å². The van der Waals surface area contributed by atoms with Crippen molar-refractivity contribution in [3.8, 4) is 0 Å². The van der Waals surface area contributed by atoms with Crippen LogP contribution in [0.2, 0.25) is 0 Å². The molecular weight excluding hydrogens is 1300 g/mol. The van der Waals surface area contributed by atoms with Gasteiger partial charge in [0.25, 0.3) is 5.79 Å². The highest BCUT2D eigenvalue weighted by molar-refractivity contribution is 5.76. The maximum absolute atomic E-state index is 12.9. The molecule has 0 aromatic carbocycles. The zero-order chi connectivity index (χ0) is 70.1. The minimum absolute atomic E-state index is 0.505. The van der Waals surface area contributed by atoms with Gasteiger partial charge in [-0.05, 0) is 6.92 Å². The summed E-state index contributed by atoms with van der Waals surface area (Å²) in [6.07, 6.45) is -67.6. The van der Waals surface area contributed by atoms with Crippen molar-refractivity contribution in [2.75, 3.05) is 52.9 Å². The molecule has 41 atom stereocenters. The van der Waals surface area contributed by atoms with Gasteiger partial charge in [-0.15, -0.1) is 0 Å². The van der Waals surface area contributed by atoms with E-state index in [4.69, 9.17) is 76.8 Å². The fraction of sp³-hybridized carbons (Fsp3) is 0.982. The SMILES string of the molecule is C[C@@H]1OC(CO)[C@@H](O[C@@H]2OC(CO)[C@@H](O[C@@H]3OC(CO[C@H]4OC(CO)[C@@H](O)C(O)[C@H]4O)[C@@H](O)C(O[C@H]4O[C@H](CO)[C@@H](O)C(O)C4O[C@@H]4OC(CO)[C@@H](O[C@@H]5OC(CO)[C@H](O)C(O[C@]6(C(=O)O)C[C@@H](O)[C@@H](N)C(C(O)C(O)CO)O6)[C@@H]5O)C(O)[C@@H]4C)[C@H]3O)C(O)[C@@H]2C)C(O)[C@@H]1C. The molecule has 0 aliphatic carbocycles. The van der Waals surface area contributed by atoms with Crippen molar-refractivity contribution in [2.24, 2.45) is 23.5 Å². The molecule has 0 saturated carbocycles. The molecule has 0 spiro atoms. The van der Waals surface area contributed by atoms with Crippen LogP contribution < -0.4 is 5.73 Å². The molecule has 95 heavy (non-hydrogen) atoms. The Bertz CT molecular complexity index is 2360.